The van der Waals surface area contributed by atoms with Crippen LogP contribution >= 0.6 is 12.0 Å². The first-order valence-electron chi connectivity index (χ1n) is 8.02. The minimum Gasteiger partial charge on any atom is -0.507 e. The van der Waals surface area contributed by atoms with Crippen molar-refractivity contribution in [3.05, 3.63) is 61.1 Å². The molecule has 0 atom stereocenters. The second-order valence-electron chi connectivity index (χ2n) is 5.55. The standard InChI is InChI=1S/C18H13N5O4S/c24-14-7-6-12(8-15(14)28-27-26-25)22-18-16-17(20-10-21-18)19-9-13(23-16)11-4-2-1-3-5-11/h1-10,24-25H,(H,19,20,21,22). The number of anilines is 2. The molecule has 3 N–H and O–H groups in total. The normalized spacial score (nSPS) is 10.9. The zero-order valence-electron chi connectivity index (χ0n) is 14.2. The maximum Gasteiger partial charge on any atom is 0.183 e. The number of nitrogens with one attached hydrogen (secondary N) is 1. The molecule has 0 amide bonds. The SMILES string of the molecule is OOOSc1cc(Nc2ncnc3ncc(-c4ccccc4)nc23)ccc1O. The van der Waals surface area contributed by atoms with Crippen molar-refractivity contribution in [3.8, 4) is 17.0 Å². The first-order chi connectivity index (χ1) is 13.7. The molecule has 2 heterocycles. The van der Waals surface area contributed by atoms with Gasteiger partial charge < -0.3 is 10.4 Å². The van der Waals surface area contributed by atoms with Crippen LogP contribution in [0, 0.1) is 0 Å². The van der Waals surface area contributed by atoms with E-state index in [4.69, 9.17) is 5.26 Å². The molecule has 140 valence electrons. The number of rotatable bonds is 6. The van der Waals surface area contributed by atoms with Crippen LogP contribution < -0.4 is 5.32 Å². The Hall–Kier alpha value is -3.31. The molecule has 0 bridgehead atoms. The van der Waals surface area contributed by atoms with Crippen LogP contribution in [0.4, 0.5) is 11.5 Å². The Bertz CT molecular complexity index is 1110. The number of phenols is 1. The highest BCUT2D eigenvalue weighted by molar-refractivity contribution is 7.94. The molecule has 0 spiro atoms. The number of fused-ring (bicyclic) bond motifs is 1. The van der Waals surface area contributed by atoms with Gasteiger partial charge in [0.1, 0.15) is 12.1 Å². The summed E-state index contributed by atoms with van der Waals surface area (Å²) in [6.07, 6.45) is 3.05. The lowest BCUT2D eigenvalue weighted by Gasteiger charge is -2.10. The second-order valence-corrected chi connectivity index (χ2v) is 6.29. The van der Waals surface area contributed by atoms with Crippen LogP contribution in [0.5, 0.6) is 5.75 Å². The molecule has 9 nitrogen and oxygen atoms in total. The van der Waals surface area contributed by atoms with Crippen LogP contribution in [0.1, 0.15) is 0 Å². The lowest BCUT2D eigenvalue weighted by molar-refractivity contribution is -0.432. The molecule has 2 aromatic heterocycles. The Labute approximate surface area is 163 Å². The van der Waals surface area contributed by atoms with Crippen molar-refractivity contribution < 1.29 is 19.7 Å². The molecule has 4 aromatic rings. The van der Waals surface area contributed by atoms with Crippen molar-refractivity contribution in [2.45, 2.75) is 4.90 Å². The molecule has 0 aliphatic rings. The second kappa shape index (κ2) is 8.15. The van der Waals surface area contributed by atoms with Gasteiger partial charge in [-0.2, -0.15) is 0 Å². The lowest BCUT2D eigenvalue weighted by Crippen LogP contribution is -2.00. The monoisotopic (exact) mass is 395 g/mol. The summed E-state index contributed by atoms with van der Waals surface area (Å²) in [5.74, 6) is 0.419. The lowest BCUT2D eigenvalue weighted by atomic mass is 10.2. The van der Waals surface area contributed by atoms with Crippen LogP contribution in [0.2, 0.25) is 0 Å². The fourth-order valence-corrected chi connectivity index (χ4v) is 2.96. The molecule has 0 aliphatic carbocycles. The molecule has 0 saturated heterocycles. The van der Waals surface area contributed by atoms with Crippen molar-refractivity contribution in [2.75, 3.05) is 5.32 Å². The van der Waals surface area contributed by atoms with E-state index in [0.717, 1.165) is 5.56 Å². The average Bonchev–Trinajstić information content (AvgIpc) is 2.74. The van der Waals surface area contributed by atoms with Crippen LogP contribution in [0.25, 0.3) is 22.4 Å². The van der Waals surface area contributed by atoms with E-state index in [1.165, 1.54) is 12.4 Å². The zero-order valence-corrected chi connectivity index (χ0v) is 15.0. The van der Waals surface area contributed by atoms with Gasteiger partial charge in [-0.15, -0.1) is 4.33 Å². The Morgan fingerprint density at radius 2 is 1.86 bits per heavy atom. The number of nitrogens with zero attached hydrogens (tertiary/aromatic N) is 4. The van der Waals surface area contributed by atoms with Gasteiger partial charge in [0.2, 0.25) is 0 Å². The van der Waals surface area contributed by atoms with Crippen molar-refractivity contribution in [2.24, 2.45) is 0 Å². The van der Waals surface area contributed by atoms with E-state index < -0.39 is 0 Å². The highest BCUT2D eigenvalue weighted by Crippen LogP contribution is 2.33. The minimum atomic E-state index is -0.0358. The average molecular weight is 395 g/mol. The third kappa shape index (κ3) is 3.85. The molecule has 10 heteroatoms. The number of aromatic nitrogens is 4. The zero-order chi connectivity index (χ0) is 19.3. The molecule has 0 saturated carbocycles. The topological polar surface area (TPSA) is 123 Å². The Balaban J connectivity index is 1.71. The summed E-state index contributed by atoms with van der Waals surface area (Å²) >= 11 is 0.652. The van der Waals surface area contributed by atoms with Gasteiger partial charge in [-0.1, -0.05) is 35.4 Å². The summed E-state index contributed by atoms with van der Waals surface area (Å²) in [5, 5.41) is 24.8. The molecule has 0 fully saturated rings. The summed E-state index contributed by atoms with van der Waals surface area (Å²) < 4.78 is 4.38. The summed E-state index contributed by atoms with van der Waals surface area (Å²) in [7, 11) is 0. The van der Waals surface area contributed by atoms with Crippen molar-refractivity contribution in [3.63, 3.8) is 0 Å². The van der Waals surface area contributed by atoms with Crippen molar-refractivity contribution in [1.29, 1.82) is 0 Å². The summed E-state index contributed by atoms with van der Waals surface area (Å²) in [6.45, 7) is 0. The van der Waals surface area contributed by atoms with Gasteiger partial charge >= 0.3 is 0 Å². The van der Waals surface area contributed by atoms with Crippen molar-refractivity contribution >= 4 is 34.7 Å². The van der Waals surface area contributed by atoms with Crippen molar-refractivity contribution in [1.82, 2.24) is 19.9 Å². The maximum absolute atomic E-state index is 9.85. The van der Waals surface area contributed by atoms with Crippen LogP contribution in [-0.4, -0.2) is 30.3 Å². The molecular formula is C18H13N5O4S. The molecule has 0 unspecified atom stereocenters. The number of aromatic hydroxyl groups is 1. The Morgan fingerprint density at radius 1 is 1.00 bits per heavy atom. The largest absolute Gasteiger partial charge is 0.507 e. The predicted octanol–water partition coefficient (Wildman–Crippen LogP) is 3.96. The quantitative estimate of drug-likeness (QED) is 0.191. The summed E-state index contributed by atoms with van der Waals surface area (Å²) in [5.41, 5.74) is 3.18. The van der Waals surface area contributed by atoms with Crippen LogP contribution in [0.3, 0.4) is 0 Å². The third-order valence-corrected chi connectivity index (χ3v) is 4.43. The summed E-state index contributed by atoms with van der Waals surface area (Å²) in [4.78, 5) is 17.8. The predicted molar refractivity (Wildman–Crippen MR) is 103 cm³/mol. The first-order valence-corrected chi connectivity index (χ1v) is 8.77. The Kier molecular flexibility index (Phi) is 5.26. The van der Waals surface area contributed by atoms with Gasteiger partial charge in [-0.05, 0) is 18.2 Å². The van der Waals surface area contributed by atoms with Crippen LogP contribution in [0.15, 0.2) is 66.0 Å². The van der Waals surface area contributed by atoms with Gasteiger partial charge in [0.05, 0.1) is 28.8 Å². The minimum absolute atomic E-state index is 0.0358. The van der Waals surface area contributed by atoms with Gasteiger partial charge in [0, 0.05) is 11.3 Å². The van der Waals surface area contributed by atoms with E-state index in [1.807, 2.05) is 30.3 Å². The number of hydrogen-bond donors (Lipinski definition) is 3. The van der Waals surface area contributed by atoms with Gasteiger partial charge in [0.25, 0.3) is 0 Å². The number of phenolic OH excluding ortho intramolecular Hbond substituents is 1. The van der Waals surface area contributed by atoms with Gasteiger partial charge in [-0.25, -0.2) is 25.2 Å². The number of hydrogen-bond acceptors (Lipinski definition) is 10. The smallest absolute Gasteiger partial charge is 0.183 e. The fourth-order valence-electron chi connectivity index (χ4n) is 2.53. The van der Waals surface area contributed by atoms with Gasteiger partial charge in [0.15, 0.2) is 17.0 Å². The number of benzene rings is 2. The highest BCUT2D eigenvalue weighted by atomic mass is 32.2. The molecule has 2 aromatic carbocycles. The van der Waals surface area contributed by atoms with E-state index in [0.29, 0.717) is 45.3 Å². The highest BCUT2D eigenvalue weighted by Gasteiger charge is 2.11. The molecule has 28 heavy (non-hydrogen) atoms. The molecule has 0 aliphatic heterocycles. The summed E-state index contributed by atoms with van der Waals surface area (Å²) in [6, 6.07) is 14.4. The van der Waals surface area contributed by atoms with E-state index in [2.05, 4.69) is 34.6 Å². The third-order valence-electron chi connectivity index (χ3n) is 3.79. The van der Waals surface area contributed by atoms with E-state index in [-0.39, 0.29) is 5.75 Å². The fraction of sp³-hybridized carbons (Fsp3) is 0. The maximum atomic E-state index is 9.85. The van der Waals surface area contributed by atoms with E-state index in [1.54, 1.807) is 18.3 Å². The first kappa shape index (κ1) is 18.1. The van der Waals surface area contributed by atoms with Crippen LogP contribution in [-0.2, 0) is 9.37 Å². The molecule has 4 rings (SSSR count). The molecular weight excluding hydrogens is 382 g/mol. The van der Waals surface area contributed by atoms with E-state index in [9.17, 15) is 5.11 Å². The van der Waals surface area contributed by atoms with Gasteiger partial charge in [-0.3, -0.25) is 0 Å². The molecule has 0 radical (unpaired) electrons. The van der Waals surface area contributed by atoms with E-state index >= 15 is 0 Å². The Morgan fingerprint density at radius 3 is 2.68 bits per heavy atom.